The highest BCUT2D eigenvalue weighted by Crippen LogP contribution is 2.36. The van der Waals surface area contributed by atoms with Crippen molar-refractivity contribution in [3.63, 3.8) is 0 Å². The van der Waals surface area contributed by atoms with E-state index >= 15 is 0 Å². The van der Waals surface area contributed by atoms with Crippen molar-refractivity contribution < 1.29 is 27.8 Å². The molecule has 0 saturated carbocycles. The second kappa shape index (κ2) is 7.83. The lowest BCUT2D eigenvalue weighted by Gasteiger charge is -2.20. The first-order valence-corrected chi connectivity index (χ1v) is 9.27. The van der Waals surface area contributed by atoms with Crippen LogP contribution in [0.5, 0.6) is 0 Å². The number of nitrogens with one attached hydrogen (secondary N) is 1. The zero-order chi connectivity index (χ0) is 21.3. The average Bonchev–Trinajstić information content (AvgIpc) is 2.86. The molecule has 1 N–H and O–H groups in total. The monoisotopic (exact) mass is 412 g/mol. The second-order valence-corrected chi connectivity index (χ2v) is 8.92. The molecule has 2 rings (SSSR count). The third-order valence-electron chi connectivity index (χ3n) is 3.01. The molecule has 0 aliphatic rings. The number of thiazole rings is 1. The van der Waals surface area contributed by atoms with E-state index in [2.05, 4.69) is 10.3 Å². The molecule has 152 valence electrons. The molecule has 2 aromatic rings. The van der Waals surface area contributed by atoms with Crippen molar-refractivity contribution >= 4 is 28.4 Å². The van der Waals surface area contributed by atoms with E-state index in [4.69, 9.17) is 9.47 Å². The van der Waals surface area contributed by atoms with Crippen LogP contribution >= 0.6 is 11.3 Å². The standard InChI is InChI=1S/C19H22F2N2O4S/c1-18(2,3)26-16(24)13-15(23-17(25)27-19(4,5)6)28-14(22-13)12-10(20)8-7-9-11(12)21/h7-9H,1-6H3,(H,23,25). The molecule has 0 bridgehead atoms. The summed E-state index contributed by atoms with van der Waals surface area (Å²) in [7, 11) is 0. The molecule has 0 fully saturated rings. The fourth-order valence-corrected chi connectivity index (χ4v) is 3.06. The molecule has 6 nitrogen and oxygen atoms in total. The molecular formula is C19H22F2N2O4S. The van der Waals surface area contributed by atoms with Crippen LogP contribution in [-0.4, -0.2) is 28.2 Å². The van der Waals surface area contributed by atoms with Gasteiger partial charge in [-0.25, -0.2) is 23.4 Å². The number of ether oxygens (including phenoxy) is 2. The fraction of sp³-hybridized carbons (Fsp3) is 0.421. The van der Waals surface area contributed by atoms with E-state index in [-0.39, 0.29) is 15.7 Å². The molecule has 0 aliphatic carbocycles. The van der Waals surface area contributed by atoms with E-state index in [1.165, 1.54) is 6.07 Å². The maximum Gasteiger partial charge on any atom is 0.412 e. The lowest BCUT2D eigenvalue weighted by atomic mass is 10.2. The van der Waals surface area contributed by atoms with Gasteiger partial charge in [0.2, 0.25) is 0 Å². The van der Waals surface area contributed by atoms with E-state index in [1.54, 1.807) is 41.5 Å². The molecule has 1 aromatic carbocycles. The minimum Gasteiger partial charge on any atom is -0.455 e. The van der Waals surface area contributed by atoms with Gasteiger partial charge in [0.15, 0.2) is 5.69 Å². The SMILES string of the molecule is CC(C)(C)OC(=O)Nc1sc(-c2c(F)cccc2F)nc1C(=O)OC(C)(C)C. The Kier molecular flexibility index (Phi) is 6.08. The number of anilines is 1. The van der Waals surface area contributed by atoms with Crippen LogP contribution < -0.4 is 5.32 Å². The summed E-state index contributed by atoms with van der Waals surface area (Å²) in [5.41, 5.74) is -2.26. The Hall–Kier alpha value is -2.55. The number of carbonyl (C=O) groups excluding carboxylic acids is 2. The average molecular weight is 412 g/mol. The number of carbonyl (C=O) groups is 2. The number of rotatable bonds is 3. The van der Waals surface area contributed by atoms with Gasteiger partial charge in [0.25, 0.3) is 0 Å². The molecule has 9 heteroatoms. The first-order chi connectivity index (χ1) is 12.8. The zero-order valence-electron chi connectivity index (χ0n) is 16.5. The normalized spacial score (nSPS) is 11.9. The summed E-state index contributed by atoms with van der Waals surface area (Å²) in [5.74, 6) is -2.51. The number of nitrogens with zero attached hydrogens (tertiary/aromatic N) is 1. The largest absolute Gasteiger partial charge is 0.455 e. The van der Waals surface area contributed by atoms with Crippen molar-refractivity contribution in [2.24, 2.45) is 0 Å². The number of hydrogen-bond donors (Lipinski definition) is 1. The van der Waals surface area contributed by atoms with Crippen LogP contribution in [-0.2, 0) is 9.47 Å². The van der Waals surface area contributed by atoms with E-state index in [0.717, 1.165) is 23.5 Å². The molecule has 0 atom stereocenters. The van der Waals surface area contributed by atoms with E-state index in [9.17, 15) is 18.4 Å². The van der Waals surface area contributed by atoms with Gasteiger partial charge in [0.05, 0.1) is 5.56 Å². The predicted molar refractivity (Wildman–Crippen MR) is 102 cm³/mol. The van der Waals surface area contributed by atoms with Crippen LogP contribution in [0.4, 0.5) is 18.6 Å². The molecule has 1 aromatic heterocycles. The minimum absolute atomic E-state index is 0.0267. The van der Waals surface area contributed by atoms with Crippen LogP contribution in [0.3, 0.4) is 0 Å². The lowest BCUT2D eigenvalue weighted by molar-refractivity contribution is 0.00650. The van der Waals surface area contributed by atoms with Crippen LogP contribution in [0.1, 0.15) is 52.0 Å². The Balaban J connectivity index is 2.48. The van der Waals surface area contributed by atoms with Gasteiger partial charge in [0, 0.05) is 0 Å². The van der Waals surface area contributed by atoms with Crippen LogP contribution in [0.25, 0.3) is 10.6 Å². The van der Waals surface area contributed by atoms with Crippen molar-refractivity contribution in [3.05, 3.63) is 35.5 Å². The van der Waals surface area contributed by atoms with Gasteiger partial charge < -0.3 is 9.47 Å². The Morgan fingerprint density at radius 1 is 1.00 bits per heavy atom. The molecule has 0 saturated heterocycles. The smallest absolute Gasteiger partial charge is 0.412 e. The van der Waals surface area contributed by atoms with Crippen molar-refractivity contribution in [3.8, 4) is 10.6 Å². The number of amides is 1. The number of benzene rings is 1. The van der Waals surface area contributed by atoms with Gasteiger partial charge >= 0.3 is 12.1 Å². The zero-order valence-corrected chi connectivity index (χ0v) is 17.3. The highest BCUT2D eigenvalue weighted by molar-refractivity contribution is 7.19. The Morgan fingerprint density at radius 3 is 2.04 bits per heavy atom. The van der Waals surface area contributed by atoms with Gasteiger partial charge in [-0.15, -0.1) is 0 Å². The van der Waals surface area contributed by atoms with Crippen molar-refractivity contribution in [2.75, 3.05) is 5.32 Å². The van der Waals surface area contributed by atoms with Gasteiger partial charge in [-0.05, 0) is 53.7 Å². The van der Waals surface area contributed by atoms with Crippen molar-refractivity contribution in [2.45, 2.75) is 52.7 Å². The van der Waals surface area contributed by atoms with Gasteiger partial charge in [-0.3, -0.25) is 5.32 Å². The minimum atomic E-state index is -0.840. The number of esters is 1. The highest BCUT2D eigenvalue weighted by atomic mass is 32.1. The molecule has 0 spiro atoms. The molecule has 0 unspecified atom stereocenters. The molecule has 0 aliphatic heterocycles. The van der Waals surface area contributed by atoms with Crippen molar-refractivity contribution in [1.82, 2.24) is 4.98 Å². The topological polar surface area (TPSA) is 77.5 Å². The number of halogens is 2. The first kappa shape index (κ1) is 21.7. The first-order valence-electron chi connectivity index (χ1n) is 8.45. The summed E-state index contributed by atoms with van der Waals surface area (Å²) < 4.78 is 38.7. The maximum atomic E-state index is 14.1. The molecule has 0 radical (unpaired) electrons. The third-order valence-corrected chi connectivity index (χ3v) is 4.00. The number of hydrogen-bond acceptors (Lipinski definition) is 6. The summed E-state index contributed by atoms with van der Waals surface area (Å²) in [6.45, 7) is 10.0. The Bertz CT molecular complexity index is 878. The molecule has 1 amide bonds. The Labute approximate surface area is 165 Å². The van der Waals surface area contributed by atoms with E-state index in [0.29, 0.717) is 0 Å². The Morgan fingerprint density at radius 2 is 1.54 bits per heavy atom. The van der Waals surface area contributed by atoms with Crippen LogP contribution in [0, 0.1) is 11.6 Å². The maximum absolute atomic E-state index is 14.1. The van der Waals surface area contributed by atoms with Gasteiger partial charge in [0.1, 0.15) is 32.8 Å². The molecule has 1 heterocycles. The lowest BCUT2D eigenvalue weighted by Crippen LogP contribution is -2.28. The van der Waals surface area contributed by atoms with Crippen molar-refractivity contribution in [1.29, 1.82) is 0 Å². The highest BCUT2D eigenvalue weighted by Gasteiger charge is 2.28. The molecular weight excluding hydrogens is 390 g/mol. The van der Waals surface area contributed by atoms with Gasteiger partial charge in [-0.1, -0.05) is 17.4 Å². The van der Waals surface area contributed by atoms with Crippen LogP contribution in [0.2, 0.25) is 0 Å². The molecule has 28 heavy (non-hydrogen) atoms. The predicted octanol–water partition coefficient (Wildman–Crippen LogP) is 5.39. The summed E-state index contributed by atoms with van der Waals surface area (Å²) >= 11 is 0.746. The number of aromatic nitrogens is 1. The van der Waals surface area contributed by atoms with E-state index < -0.39 is 40.5 Å². The van der Waals surface area contributed by atoms with Gasteiger partial charge in [-0.2, -0.15) is 0 Å². The fourth-order valence-electron chi connectivity index (χ4n) is 2.08. The summed E-state index contributed by atoms with van der Waals surface area (Å²) in [4.78, 5) is 28.6. The second-order valence-electron chi connectivity index (χ2n) is 7.92. The van der Waals surface area contributed by atoms with E-state index in [1.807, 2.05) is 0 Å². The summed E-state index contributed by atoms with van der Waals surface area (Å²) in [5, 5.41) is 2.28. The third kappa shape index (κ3) is 5.72. The quantitative estimate of drug-likeness (QED) is 0.684. The summed E-state index contributed by atoms with van der Waals surface area (Å²) in [6, 6.07) is 3.37. The van der Waals surface area contributed by atoms with Crippen LogP contribution in [0.15, 0.2) is 18.2 Å². The summed E-state index contributed by atoms with van der Waals surface area (Å²) in [6.07, 6.45) is -0.832.